The molecule has 0 radical (unpaired) electrons. The van der Waals surface area contributed by atoms with Gasteiger partial charge in [0.2, 0.25) is 0 Å². The molecule has 0 amide bonds. The van der Waals surface area contributed by atoms with E-state index in [-0.39, 0.29) is 0 Å². The van der Waals surface area contributed by atoms with Gasteiger partial charge in [0, 0.05) is 34.3 Å². The second kappa shape index (κ2) is 3.71. The van der Waals surface area contributed by atoms with Crippen LogP contribution in [0.3, 0.4) is 0 Å². The Morgan fingerprint density at radius 3 is 2.88 bits per heavy atom. The Morgan fingerprint density at radius 2 is 2.12 bits per heavy atom. The van der Waals surface area contributed by atoms with E-state index in [9.17, 15) is 0 Å². The maximum atomic E-state index is 4.48. The van der Waals surface area contributed by atoms with Gasteiger partial charge in [-0.05, 0) is 22.0 Å². The molecular weight excluding hydrogens is 284 g/mol. The molecule has 0 unspecified atom stereocenters. The summed E-state index contributed by atoms with van der Waals surface area (Å²) < 4.78 is 4.17. The molecule has 3 rings (SSSR count). The quantitative estimate of drug-likeness (QED) is 0.661. The largest absolute Gasteiger partial charge is 0.274 e. The smallest absolute Gasteiger partial charge is 0.108 e. The summed E-state index contributed by atoms with van der Waals surface area (Å²) in [6.07, 6.45) is 1.97. The van der Waals surface area contributed by atoms with Gasteiger partial charge in [0.1, 0.15) is 5.69 Å². The Balaban J connectivity index is 2.30. The van der Waals surface area contributed by atoms with Gasteiger partial charge in [0.15, 0.2) is 0 Å². The predicted octanol–water partition coefficient (Wildman–Crippen LogP) is 4.06. The van der Waals surface area contributed by atoms with E-state index in [1.54, 1.807) is 11.3 Å². The Hall–Kier alpha value is -1.13. The zero-order valence-corrected chi connectivity index (χ0v) is 11.0. The van der Waals surface area contributed by atoms with Crippen LogP contribution in [-0.2, 0) is 7.05 Å². The van der Waals surface area contributed by atoms with Gasteiger partial charge in [-0.3, -0.25) is 4.68 Å². The maximum Gasteiger partial charge on any atom is 0.108 e. The molecule has 0 bridgehead atoms. The van der Waals surface area contributed by atoms with Crippen LogP contribution in [0.25, 0.3) is 21.3 Å². The Labute approximate surface area is 106 Å². The molecule has 0 aliphatic heterocycles. The summed E-state index contributed by atoms with van der Waals surface area (Å²) in [4.78, 5) is 0. The number of thiophene rings is 1. The molecule has 4 heteroatoms. The van der Waals surface area contributed by atoms with Crippen molar-refractivity contribution in [1.82, 2.24) is 9.78 Å². The molecular formula is C12H9BrN2S. The SMILES string of the molecule is Cn1cc(Br)c(-c2csc3ccccc23)n1. The fourth-order valence-electron chi connectivity index (χ4n) is 1.80. The lowest BCUT2D eigenvalue weighted by molar-refractivity contribution is 0.771. The highest BCUT2D eigenvalue weighted by molar-refractivity contribution is 9.10. The highest BCUT2D eigenvalue weighted by Gasteiger charge is 2.12. The van der Waals surface area contributed by atoms with Crippen molar-refractivity contribution in [1.29, 1.82) is 0 Å². The molecule has 2 aromatic heterocycles. The predicted molar refractivity (Wildman–Crippen MR) is 71.7 cm³/mol. The van der Waals surface area contributed by atoms with Gasteiger partial charge in [-0.15, -0.1) is 11.3 Å². The number of rotatable bonds is 1. The Bertz CT molecular complexity index is 654. The molecule has 0 saturated heterocycles. The van der Waals surface area contributed by atoms with Crippen molar-refractivity contribution in [3.05, 3.63) is 40.3 Å². The van der Waals surface area contributed by atoms with Crippen molar-refractivity contribution in [2.75, 3.05) is 0 Å². The van der Waals surface area contributed by atoms with Crippen LogP contribution in [-0.4, -0.2) is 9.78 Å². The summed E-state index contributed by atoms with van der Waals surface area (Å²) in [5.74, 6) is 0. The minimum atomic E-state index is 1.01. The van der Waals surface area contributed by atoms with Gasteiger partial charge in [0.25, 0.3) is 0 Å². The highest BCUT2D eigenvalue weighted by Crippen LogP contribution is 2.36. The van der Waals surface area contributed by atoms with Crippen LogP contribution in [0.4, 0.5) is 0 Å². The number of hydrogen-bond acceptors (Lipinski definition) is 2. The molecule has 0 fully saturated rings. The normalized spacial score (nSPS) is 11.1. The van der Waals surface area contributed by atoms with E-state index in [1.165, 1.54) is 15.6 Å². The third-order valence-electron chi connectivity index (χ3n) is 2.52. The molecule has 16 heavy (non-hydrogen) atoms. The van der Waals surface area contributed by atoms with Crippen LogP contribution in [0.15, 0.2) is 40.3 Å². The van der Waals surface area contributed by atoms with Gasteiger partial charge in [-0.1, -0.05) is 18.2 Å². The zero-order valence-electron chi connectivity index (χ0n) is 8.64. The monoisotopic (exact) mass is 292 g/mol. The first-order chi connectivity index (χ1) is 7.75. The summed E-state index contributed by atoms with van der Waals surface area (Å²) in [5.41, 5.74) is 2.22. The molecule has 2 heterocycles. The standard InChI is InChI=1S/C12H9BrN2S/c1-15-6-10(13)12(14-15)9-7-16-11-5-3-2-4-8(9)11/h2-7H,1H3. The maximum absolute atomic E-state index is 4.48. The molecule has 0 spiro atoms. The lowest BCUT2D eigenvalue weighted by Gasteiger charge is -1.95. The van der Waals surface area contributed by atoms with Gasteiger partial charge in [0.05, 0.1) is 4.47 Å². The summed E-state index contributed by atoms with van der Waals surface area (Å²) in [6, 6.07) is 8.41. The van der Waals surface area contributed by atoms with Crippen LogP contribution >= 0.6 is 27.3 Å². The van der Waals surface area contributed by atoms with E-state index >= 15 is 0 Å². The van der Waals surface area contributed by atoms with Gasteiger partial charge in [-0.2, -0.15) is 5.10 Å². The van der Waals surface area contributed by atoms with Crippen molar-refractivity contribution in [3.63, 3.8) is 0 Å². The van der Waals surface area contributed by atoms with Crippen LogP contribution in [0.1, 0.15) is 0 Å². The first kappa shape index (κ1) is 10.1. The third kappa shape index (κ3) is 1.49. The number of fused-ring (bicyclic) bond motifs is 1. The highest BCUT2D eigenvalue weighted by atomic mass is 79.9. The van der Waals surface area contributed by atoms with Crippen molar-refractivity contribution < 1.29 is 0 Å². The molecule has 0 aliphatic carbocycles. The minimum Gasteiger partial charge on any atom is -0.274 e. The number of nitrogens with zero attached hydrogens (tertiary/aromatic N) is 2. The van der Waals surface area contributed by atoms with Crippen molar-refractivity contribution in [2.45, 2.75) is 0 Å². The molecule has 0 atom stereocenters. The van der Waals surface area contributed by atoms with Gasteiger partial charge < -0.3 is 0 Å². The van der Waals surface area contributed by atoms with E-state index in [0.717, 1.165) is 10.2 Å². The van der Waals surface area contributed by atoms with E-state index < -0.39 is 0 Å². The van der Waals surface area contributed by atoms with Crippen molar-refractivity contribution in [3.8, 4) is 11.3 Å². The van der Waals surface area contributed by atoms with E-state index in [2.05, 4.69) is 50.7 Å². The average Bonchev–Trinajstić information content (AvgIpc) is 2.81. The van der Waals surface area contributed by atoms with Gasteiger partial charge in [-0.25, -0.2) is 0 Å². The molecule has 1 aromatic carbocycles. The van der Waals surface area contributed by atoms with E-state index in [4.69, 9.17) is 0 Å². The number of hydrogen-bond donors (Lipinski definition) is 0. The van der Waals surface area contributed by atoms with Crippen LogP contribution in [0.5, 0.6) is 0 Å². The third-order valence-corrected chi connectivity index (χ3v) is 4.06. The Kier molecular flexibility index (Phi) is 2.33. The average molecular weight is 293 g/mol. The van der Waals surface area contributed by atoms with E-state index in [0.29, 0.717) is 0 Å². The molecule has 2 nitrogen and oxygen atoms in total. The number of aromatic nitrogens is 2. The minimum absolute atomic E-state index is 1.01. The first-order valence-corrected chi connectivity index (χ1v) is 6.59. The number of halogens is 1. The second-order valence-electron chi connectivity index (χ2n) is 3.64. The van der Waals surface area contributed by atoms with Crippen LogP contribution < -0.4 is 0 Å². The topological polar surface area (TPSA) is 17.8 Å². The number of benzene rings is 1. The lowest BCUT2D eigenvalue weighted by Crippen LogP contribution is -1.87. The van der Waals surface area contributed by atoms with Gasteiger partial charge >= 0.3 is 0 Å². The molecule has 0 N–H and O–H groups in total. The summed E-state index contributed by atoms with van der Waals surface area (Å²) in [5, 5.41) is 7.91. The summed E-state index contributed by atoms with van der Waals surface area (Å²) >= 11 is 5.30. The van der Waals surface area contributed by atoms with E-state index in [1.807, 2.05) is 17.9 Å². The lowest BCUT2D eigenvalue weighted by atomic mass is 10.1. The molecule has 80 valence electrons. The van der Waals surface area contributed by atoms with Crippen molar-refractivity contribution in [2.24, 2.45) is 7.05 Å². The Morgan fingerprint density at radius 1 is 1.31 bits per heavy atom. The summed E-state index contributed by atoms with van der Waals surface area (Å²) in [7, 11) is 1.93. The molecule has 0 aliphatic rings. The fraction of sp³-hybridized carbons (Fsp3) is 0.0833. The fourth-order valence-corrected chi connectivity index (χ4v) is 3.34. The number of aryl methyl sites for hydroxylation is 1. The second-order valence-corrected chi connectivity index (χ2v) is 5.41. The molecule has 3 aromatic rings. The molecule has 0 saturated carbocycles. The summed E-state index contributed by atoms with van der Waals surface area (Å²) in [6.45, 7) is 0. The zero-order chi connectivity index (χ0) is 11.1. The van der Waals surface area contributed by atoms with Crippen LogP contribution in [0, 0.1) is 0 Å². The van der Waals surface area contributed by atoms with Crippen LogP contribution in [0.2, 0.25) is 0 Å². The van der Waals surface area contributed by atoms with Crippen molar-refractivity contribution >= 4 is 37.4 Å². The first-order valence-electron chi connectivity index (χ1n) is 4.91.